The van der Waals surface area contributed by atoms with Crippen molar-refractivity contribution >= 4 is 27.6 Å². The van der Waals surface area contributed by atoms with E-state index in [1.165, 1.54) is 13.0 Å². The molecule has 25 heavy (non-hydrogen) atoms. The van der Waals surface area contributed by atoms with Crippen LogP contribution >= 0.6 is 0 Å². The van der Waals surface area contributed by atoms with Crippen LogP contribution in [0.3, 0.4) is 0 Å². The summed E-state index contributed by atoms with van der Waals surface area (Å²) in [4.78, 5) is 16.5. The molecular formula is C20H15NO4. The van der Waals surface area contributed by atoms with Gasteiger partial charge in [-0.05, 0) is 35.6 Å². The monoisotopic (exact) mass is 333 g/mol. The van der Waals surface area contributed by atoms with E-state index in [1.54, 1.807) is 13.2 Å². The van der Waals surface area contributed by atoms with E-state index in [9.17, 15) is 9.90 Å². The minimum absolute atomic E-state index is 0.0427. The van der Waals surface area contributed by atoms with Gasteiger partial charge in [0, 0.05) is 6.07 Å². The van der Waals surface area contributed by atoms with Crippen LogP contribution in [-0.2, 0) is 0 Å². The van der Waals surface area contributed by atoms with Crippen molar-refractivity contribution in [3.8, 4) is 16.9 Å². The average Bonchev–Trinajstić information content (AvgIpc) is 2.92. The molecule has 0 atom stereocenters. The van der Waals surface area contributed by atoms with Crippen molar-refractivity contribution in [1.82, 2.24) is 4.98 Å². The molecule has 0 bridgehead atoms. The van der Waals surface area contributed by atoms with Crippen molar-refractivity contribution in [2.75, 3.05) is 7.11 Å². The van der Waals surface area contributed by atoms with Gasteiger partial charge in [0.15, 0.2) is 16.7 Å². The molecule has 4 rings (SSSR count). The molecule has 0 spiro atoms. The Labute approximate surface area is 142 Å². The third kappa shape index (κ3) is 2.32. The van der Waals surface area contributed by atoms with Gasteiger partial charge >= 0.3 is 0 Å². The number of nitrogens with zero attached hydrogens (tertiary/aromatic N) is 1. The molecule has 0 radical (unpaired) electrons. The zero-order chi connectivity index (χ0) is 17.6. The fourth-order valence-corrected chi connectivity index (χ4v) is 3.10. The fraction of sp³-hybridized carbons (Fsp3) is 0.100. The first kappa shape index (κ1) is 15.2. The summed E-state index contributed by atoms with van der Waals surface area (Å²) in [7, 11) is 1.54. The van der Waals surface area contributed by atoms with Gasteiger partial charge in [-0.2, -0.15) is 0 Å². The number of methoxy groups -OCH3 is 1. The highest BCUT2D eigenvalue weighted by Gasteiger charge is 2.18. The van der Waals surface area contributed by atoms with Gasteiger partial charge in [-0.25, -0.2) is 4.98 Å². The van der Waals surface area contributed by atoms with Crippen LogP contribution in [0.15, 0.2) is 57.7 Å². The SMILES string of the molecule is COc1ccc2c(-c3ccccc3)cc(=O)nc3/c(=C(/C)O)oc1c23. The van der Waals surface area contributed by atoms with E-state index in [1.807, 2.05) is 36.4 Å². The molecule has 0 amide bonds. The minimum Gasteiger partial charge on any atom is -0.509 e. The Bertz CT molecular complexity index is 1210. The van der Waals surface area contributed by atoms with E-state index < -0.39 is 5.56 Å². The number of aromatic nitrogens is 1. The minimum atomic E-state index is -0.404. The molecule has 4 aromatic rings. The number of hydrogen-bond acceptors (Lipinski definition) is 5. The lowest BCUT2D eigenvalue weighted by atomic mass is 10.0. The van der Waals surface area contributed by atoms with Crippen LogP contribution in [0.4, 0.5) is 0 Å². The summed E-state index contributed by atoms with van der Waals surface area (Å²) < 4.78 is 11.2. The zero-order valence-corrected chi connectivity index (χ0v) is 13.7. The predicted octanol–water partition coefficient (Wildman–Crippen LogP) is 3.42. The first-order chi connectivity index (χ1) is 12.1. The second-order valence-corrected chi connectivity index (χ2v) is 5.76. The summed E-state index contributed by atoms with van der Waals surface area (Å²) in [6.45, 7) is 1.50. The number of aliphatic hydroxyl groups is 1. The average molecular weight is 333 g/mol. The molecule has 124 valence electrons. The third-order valence-corrected chi connectivity index (χ3v) is 4.19. The maximum atomic E-state index is 12.4. The zero-order valence-electron chi connectivity index (χ0n) is 13.7. The number of ether oxygens (including phenoxy) is 1. The number of rotatable bonds is 2. The quantitative estimate of drug-likeness (QED) is 0.608. The summed E-state index contributed by atoms with van der Waals surface area (Å²) >= 11 is 0. The van der Waals surface area contributed by atoms with Crippen molar-refractivity contribution in [1.29, 1.82) is 0 Å². The molecule has 0 saturated heterocycles. The number of hydrogen-bond donors (Lipinski definition) is 1. The Morgan fingerprint density at radius 3 is 2.60 bits per heavy atom. The van der Waals surface area contributed by atoms with Crippen molar-refractivity contribution in [2.24, 2.45) is 0 Å². The van der Waals surface area contributed by atoms with E-state index in [2.05, 4.69) is 4.98 Å². The Kier molecular flexibility index (Phi) is 3.42. The molecule has 0 fully saturated rings. The highest BCUT2D eigenvalue weighted by molar-refractivity contribution is 6.13. The van der Waals surface area contributed by atoms with Gasteiger partial charge in [0.05, 0.1) is 12.5 Å². The first-order valence-electron chi connectivity index (χ1n) is 7.79. The lowest BCUT2D eigenvalue weighted by Gasteiger charge is -2.05. The Morgan fingerprint density at radius 1 is 1.16 bits per heavy atom. The van der Waals surface area contributed by atoms with Crippen molar-refractivity contribution in [3.05, 3.63) is 64.3 Å². The number of benzene rings is 2. The molecule has 0 aliphatic rings. The van der Waals surface area contributed by atoms with Crippen LogP contribution in [0.2, 0.25) is 0 Å². The summed E-state index contributed by atoms with van der Waals surface area (Å²) in [5.41, 5.74) is 2.22. The van der Waals surface area contributed by atoms with Crippen molar-refractivity contribution in [2.45, 2.75) is 6.92 Å². The molecule has 5 nitrogen and oxygen atoms in total. The van der Waals surface area contributed by atoms with Gasteiger partial charge in [-0.1, -0.05) is 30.3 Å². The molecule has 0 unspecified atom stereocenters. The maximum Gasteiger partial charge on any atom is 0.271 e. The number of furan rings is 1. The maximum absolute atomic E-state index is 12.4. The van der Waals surface area contributed by atoms with E-state index in [-0.39, 0.29) is 11.2 Å². The summed E-state index contributed by atoms with van der Waals surface area (Å²) in [5, 5.41) is 11.4. The van der Waals surface area contributed by atoms with Crippen LogP contribution in [0.25, 0.3) is 38.8 Å². The predicted molar refractivity (Wildman–Crippen MR) is 96.7 cm³/mol. The Balaban J connectivity index is 2.32. The molecule has 5 heteroatoms. The van der Waals surface area contributed by atoms with Gasteiger partial charge in [0.2, 0.25) is 0 Å². The van der Waals surface area contributed by atoms with E-state index in [0.29, 0.717) is 22.2 Å². The van der Waals surface area contributed by atoms with Crippen LogP contribution in [0.5, 0.6) is 5.75 Å². The van der Waals surface area contributed by atoms with Gasteiger partial charge in [0.1, 0.15) is 11.3 Å². The third-order valence-electron chi connectivity index (χ3n) is 4.19. The van der Waals surface area contributed by atoms with Crippen LogP contribution in [0, 0.1) is 0 Å². The molecule has 0 saturated carbocycles. The molecule has 2 aromatic heterocycles. The smallest absolute Gasteiger partial charge is 0.271 e. The summed E-state index contributed by atoms with van der Waals surface area (Å²) in [5.74, 6) is 0.475. The highest BCUT2D eigenvalue weighted by atomic mass is 16.5. The Hall–Kier alpha value is -3.34. The molecule has 0 aliphatic carbocycles. The van der Waals surface area contributed by atoms with Crippen molar-refractivity contribution < 1.29 is 14.3 Å². The van der Waals surface area contributed by atoms with Gasteiger partial charge < -0.3 is 14.3 Å². The van der Waals surface area contributed by atoms with Crippen molar-refractivity contribution in [3.63, 3.8) is 0 Å². The lowest BCUT2D eigenvalue weighted by molar-refractivity contribution is 0.406. The van der Waals surface area contributed by atoms with Crippen LogP contribution in [-0.4, -0.2) is 17.2 Å². The van der Waals surface area contributed by atoms with Gasteiger partial charge in [0.25, 0.3) is 5.56 Å². The standard InChI is InChI=1S/C20H15NO4/c1-11(22)19-18-17-13(8-9-15(24-2)20(17)25-19)14(10-16(23)21-18)12-6-4-3-5-7-12/h3-10,22H,1-2H3/b19-11+. The van der Waals surface area contributed by atoms with E-state index in [0.717, 1.165) is 16.5 Å². The highest BCUT2D eigenvalue weighted by Crippen LogP contribution is 2.36. The molecule has 2 heterocycles. The number of aliphatic hydroxyl groups excluding tert-OH is 1. The van der Waals surface area contributed by atoms with Crippen LogP contribution < -0.4 is 15.7 Å². The lowest BCUT2D eigenvalue weighted by Crippen LogP contribution is -2.07. The van der Waals surface area contributed by atoms with Gasteiger partial charge in [-0.15, -0.1) is 0 Å². The largest absolute Gasteiger partial charge is 0.509 e. The summed E-state index contributed by atoms with van der Waals surface area (Å²) in [6, 6.07) is 14.8. The molecule has 1 N–H and O–H groups in total. The molecule has 0 aliphatic heterocycles. The van der Waals surface area contributed by atoms with Gasteiger partial charge in [-0.3, -0.25) is 4.79 Å². The molecule has 2 aromatic carbocycles. The topological polar surface area (TPSA) is 72.6 Å². The fourth-order valence-electron chi connectivity index (χ4n) is 3.10. The Morgan fingerprint density at radius 2 is 1.92 bits per heavy atom. The molecular weight excluding hydrogens is 318 g/mol. The van der Waals surface area contributed by atoms with E-state index in [4.69, 9.17) is 9.15 Å². The normalized spacial score (nSPS) is 12.6. The summed E-state index contributed by atoms with van der Waals surface area (Å²) in [6.07, 6.45) is 0. The second-order valence-electron chi connectivity index (χ2n) is 5.76. The first-order valence-corrected chi connectivity index (χ1v) is 7.79. The van der Waals surface area contributed by atoms with Crippen LogP contribution in [0.1, 0.15) is 6.92 Å². The second kappa shape index (κ2) is 5.63. The van der Waals surface area contributed by atoms with E-state index >= 15 is 0 Å².